The van der Waals surface area contributed by atoms with E-state index >= 15 is 0 Å². The number of rotatable bonds is 5. The van der Waals surface area contributed by atoms with Crippen LogP contribution in [0.2, 0.25) is 0 Å². The molecule has 0 atom stereocenters. The number of aromatic nitrogens is 4. The summed E-state index contributed by atoms with van der Waals surface area (Å²) in [6, 6.07) is 6.75. The second-order valence-corrected chi connectivity index (χ2v) is 5.39. The Morgan fingerprint density at radius 2 is 2.15 bits per heavy atom. The Kier molecular flexibility index (Phi) is 2.77. The van der Waals surface area contributed by atoms with E-state index in [9.17, 15) is 0 Å². The van der Waals surface area contributed by atoms with Gasteiger partial charge in [-0.1, -0.05) is 6.07 Å². The van der Waals surface area contributed by atoms with Crippen molar-refractivity contribution in [3.8, 4) is 0 Å². The summed E-state index contributed by atoms with van der Waals surface area (Å²) >= 11 is 0. The Hall–Kier alpha value is -2.14. The molecule has 3 aromatic rings. The first-order chi connectivity index (χ1) is 9.87. The van der Waals surface area contributed by atoms with Gasteiger partial charge in [0.05, 0.1) is 24.3 Å². The Balaban J connectivity index is 1.47. The van der Waals surface area contributed by atoms with Crippen LogP contribution in [0.15, 0.2) is 43.1 Å². The minimum absolute atomic E-state index is 0.721. The Labute approximate surface area is 117 Å². The SMILES string of the molecule is c1ccn2cc(Cn3cnc(CNC4CC4)c3)nc2c1. The number of imidazole rings is 2. The third-order valence-electron chi connectivity index (χ3n) is 3.59. The molecule has 0 saturated heterocycles. The van der Waals surface area contributed by atoms with Gasteiger partial charge < -0.3 is 14.3 Å². The maximum atomic E-state index is 4.60. The highest BCUT2D eigenvalue weighted by atomic mass is 15.1. The van der Waals surface area contributed by atoms with Crippen molar-refractivity contribution in [3.05, 3.63) is 54.5 Å². The van der Waals surface area contributed by atoms with E-state index in [4.69, 9.17) is 0 Å². The van der Waals surface area contributed by atoms with Crippen molar-refractivity contribution in [2.75, 3.05) is 0 Å². The summed E-state index contributed by atoms with van der Waals surface area (Å²) in [4.78, 5) is 9.03. The summed E-state index contributed by atoms with van der Waals surface area (Å²) in [6.45, 7) is 1.63. The van der Waals surface area contributed by atoms with Crippen LogP contribution in [0.3, 0.4) is 0 Å². The number of pyridine rings is 1. The third kappa shape index (κ3) is 2.44. The van der Waals surface area contributed by atoms with Crippen LogP contribution in [0, 0.1) is 0 Å². The molecular formula is C15H17N5. The summed E-state index contributed by atoms with van der Waals surface area (Å²) in [6.07, 6.45) is 10.7. The molecule has 3 aromatic heterocycles. The molecule has 1 aliphatic carbocycles. The van der Waals surface area contributed by atoms with Gasteiger partial charge in [0, 0.05) is 31.2 Å². The van der Waals surface area contributed by atoms with Gasteiger partial charge in [0.2, 0.25) is 0 Å². The first kappa shape index (κ1) is 11.7. The van der Waals surface area contributed by atoms with Crippen LogP contribution < -0.4 is 5.32 Å². The molecule has 1 N–H and O–H groups in total. The van der Waals surface area contributed by atoms with E-state index in [-0.39, 0.29) is 0 Å². The highest BCUT2D eigenvalue weighted by Crippen LogP contribution is 2.19. The van der Waals surface area contributed by atoms with Crippen molar-refractivity contribution in [1.29, 1.82) is 0 Å². The lowest BCUT2D eigenvalue weighted by atomic mass is 10.4. The predicted molar refractivity (Wildman–Crippen MR) is 76.4 cm³/mol. The Morgan fingerprint density at radius 3 is 3.00 bits per heavy atom. The summed E-state index contributed by atoms with van der Waals surface area (Å²) in [5.41, 5.74) is 3.13. The van der Waals surface area contributed by atoms with Gasteiger partial charge >= 0.3 is 0 Å². The zero-order chi connectivity index (χ0) is 13.4. The van der Waals surface area contributed by atoms with E-state index in [0.717, 1.165) is 36.2 Å². The van der Waals surface area contributed by atoms with Crippen LogP contribution in [0.5, 0.6) is 0 Å². The molecule has 0 aromatic carbocycles. The van der Waals surface area contributed by atoms with Crippen molar-refractivity contribution >= 4 is 5.65 Å². The van der Waals surface area contributed by atoms with Crippen molar-refractivity contribution in [1.82, 2.24) is 24.3 Å². The van der Waals surface area contributed by atoms with Crippen LogP contribution in [-0.4, -0.2) is 25.0 Å². The average molecular weight is 267 g/mol. The van der Waals surface area contributed by atoms with Crippen molar-refractivity contribution in [2.45, 2.75) is 32.0 Å². The molecule has 102 valence electrons. The first-order valence-electron chi connectivity index (χ1n) is 7.03. The van der Waals surface area contributed by atoms with Crippen LogP contribution in [0.1, 0.15) is 24.2 Å². The average Bonchev–Trinajstić information content (AvgIpc) is 3.04. The number of hydrogen-bond donors (Lipinski definition) is 1. The molecule has 0 unspecified atom stereocenters. The summed E-state index contributed by atoms with van der Waals surface area (Å²) in [5.74, 6) is 0. The van der Waals surface area contributed by atoms with E-state index < -0.39 is 0 Å². The lowest BCUT2D eigenvalue weighted by Gasteiger charge is -1.98. The number of hydrogen-bond acceptors (Lipinski definition) is 3. The molecule has 1 saturated carbocycles. The molecule has 3 heterocycles. The van der Waals surface area contributed by atoms with Gasteiger partial charge in [-0.15, -0.1) is 0 Å². The number of fused-ring (bicyclic) bond motifs is 1. The van der Waals surface area contributed by atoms with E-state index in [1.54, 1.807) is 0 Å². The lowest BCUT2D eigenvalue weighted by Crippen LogP contribution is -2.15. The third-order valence-corrected chi connectivity index (χ3v) is 3.59. The number of nitrogens with one attached hydrogen (secondary N) is 1. The highest BCUT2D eigenvalue weighted by Gasteiger charge is 2.20. The Morgan fingerprint density at radius 1 is 1.20 bits per heavy atom. The molecule has 20 heavy (non-hydrogen) atoms. The smallest absolute Gasteiger partial charge is 0.137 e. The van der Waals surface area contributed by atoms with Crippen LogP contribution >= 0.6 is 0 Å². The minimum Gasteiger partial charge on any atom is -0.331 e. The summed E-state index contributed by atoms with van der Waals surface area (Å²) in [5, 5.41) is 3.48. The second kappa shape index (κ2) is 4.76. The summed E-state index contributed by atoms with van der Waals surface area (Å²) in [7, 11) is 0. The molecule has 0 spiro atoms. The van der Waals surface area contributed by atoms with Crippen molar-refractivity contribution < 1.29 is 0 Å². The first-order valence-corrected chi connectivity index (χ1v) is 7.03. The quantitative estimate of drug-likeness (QED) is 0.767. The molecule has 0 aliphatic heterocycles. The van der Waals surface area contributed by atoms with Crippen LogP contribution in [0.4, 0.5) is 0 Å². The molecule has 0 bridgehead atoms. The maximum Gasteiger partial charge on any atom is 0.137 e. The standard InChI is InChI=1S/C15H17N5/c1-2-6-20-10-14(18-15(20)3-1)9-19-8-13(17-11-19)7-16-12-4-5-12/h1-3,6,8,10-12,16H,4-5,7,9H2. The minimum atomic E-state index is 0.721. The van der Waals surface area contributed by atoms with Gasteiger partial charge in [-0.3, -0.25) is 0 Å². The van der Waals surface area contributed by atoms with E-state index in [0.29, 0.717) is 0 Å². The fourth-order valence-electron chi connectivity index (χ4n) is 2.37. The number of nitrogens with zero attached hydrogens (tertiary/aromatic N) is 4. The van der Waals surface area contributed by atoms with Gasteiger partial charge in [-0.25, -0.2) is 9.97 Å². The second-order valence-electron chi connectivity index (χ2n) is 5.39. The maximum absolute atomic E-state index is 4.60. The molecule has 4 rings (SSSR count). The molecule has 0 amide bonds. The van der Waals surface area contributed by atoms with E-state index in [1.807, 2.05) is 35.1 Å². The largest absolute Gasteiger partial charge is 0.331 e. The lowest BCUT2D eigenvalue weighted by molar-refractivity contribution is 0.675. The van der Waals surface area contributed by atoms with Crippen LogP contribution in [-0.2, 0) is 13.1 Å². The fraction of sp³-hybridized carbons (Fsp3) is 0.333. The molecule has 0 radical (unpaired) electrons. The molecule has 5 heteroatoms. The van der Waals surface area contributed by atoms with Crippen LogP contribution in [0.25, 0.3) is 5.65 Å². The zero-order valence-electron chi connectivity index (χ0n) is 11.2. The van der Waals surface area contributed by atoms with Gasteiger partial charge in [-0.05, 0) is 25.0 Å². The fourth-order valence-corrected chi connectivity index (χ4v) is 2.37. The highest BCUT2D eigenvalue weighted by molar-refractivity contribution is 5.39. The van der Waals surface area contributed by atoms with Gasteiger partial charge in [0.1, 0.15) is 5.65 Å². The monoisotopic (exact) mass is 267 g/mol. The molecule has 5 nitrogen and oxygen atoms in total. The van der Waals surface area contributed by atoms with Gasteiger partial charge in [0.25, 0.3) is 0 Å². The van der Waals surface area contributed by atoms with E-state index in [2.05, 4.69) is 32.2 Å². The zero-order valence-corrected chi connectivity index (χ0v) is 11.2. The normalized spacial score (nSPS) is 15.0. The topological polar surface area (TPSA) is 47.1 Å². The van der Waals surface area contributed by atoms with E-state index in [1.165, 1.54) is 12.8 Å². The summed E-state index contributed by atoms with van der Waals surface area (Å²) < 4.78 is 4.13. The Bertz CT molecular complexity index is 690. The molecule has 1 aliphatic rings. The molecular weight excluding hydrogens is 250 g/mol. The van der Waals surface area contributed by atoms with Gasteiger partial charge in [-0.2, -0.15) is 0 Å². The van der Waals surface area contributed by atoms with Crippen molar-refractivity contribution in [2.24, 2.45) is 0 Å². The molecule has 1 fully saturated rings. The van der Waals surface area contributed by atoms with Crippen molar-refractivity contribution in [3.63, 3.8) is 0 Å². The van der Waals surface area contributed by atoms with Gasteiger partial charge in [0.15, 0.2) is 0 Å². The predicted octanol–water partition coefficient (Wildman–Crippen LogP) is 1.83.